The second-order valence-corrected chi connectivity index (χ2v) is 4.34. The van der Waals surface area contributed by atoms with Crippen LogP contribution in [0.2, 0.25) is 0 Å². The fourth-order valence-corrected chi connectivity index (χ4v) is 1.64. The summed E-state index contributed by atoms with van der Waals surface area (Å²) in [6.45, 7) is 7.09. The van der Waals surface area contributed by atoms with Gasteiger partial charge in [-0.1, -0.05) is 6.07 Å². The predicted molar refractivity (Wildman–Crippen MR) is 71.0 cm³/mol. The lowest BCUT2D eigenvalue weighted by Crippen LogP contribution is -2.31. The first-order valence-corrected chi connectivity index (χ1v) is 6.01. The van der Waals surface area contributed by atoms with Gasteiger partial charge in [-0.05, 0) is 43.5 Å². The Balaban J connectivity index is 2.50. The third-order valence-electron chi connectivity index (χ3n) is 2.75. The second-order valence-electron chi connectivity index (χ2n) is 4.34. The van der Waals surface area contributed by atoms with Crippen LogP contribution in [0.15, 0.2) is 12.1 Å². The molecular formula is C14H21NO3. The van der Waals surface area contributed by atoms with Gasteiger partial charge in [0.05, 0.1) is 6.61 Å². The lowest BCUT2D eigenvalue weighted by atomic mass is 10.1. The molecule has 1 aromatic rings. The van der Waals surface area contributed by atoms with Gasteiger partial charge < -0.3 is 14.8 Å². The van der Waals surface area contributed by atoms with Crippen molar-refractivity contribution in [2.24, 2.45) is 0 Å². The Morgan fingerprint density at radius 1 is 1.28 bits per heavy atom. The van der Waals surface area contributed by atoms with E-state index < -0.39 is 0 Å². The first-order chi connectivity index (χ1) is 8.54. The van der Waals surface area contributed by atoms with Crippen LogP contribution in [0.5, 0.6) is 5.75 Å². The van der Waals surface area contributed by atoms with Crippen LogP contribution in [0.25, 0.3) is 0 Å². The SMILES string of the molecule is COCCNC(=O)COc1cc(C)cc(C)c1C. The molecule has 0 radical (unpaired) electrons. The van der Waals surface area contributed by atoms with Gasteiger partial charge >= 0.3 is 0 Å². The third-order valence-corrected chi connectivity index (χ3v) is 2.75. The summed E-state index contributed by atoms with van der Waals surface area (Å²) in [5.74, 6) is 0.639. The maximum atomic E-state index is 11.5. The van der Waals surface area contributed by atoms with Gasteiger partial charge in [0.2, 0.25) is 0 Å². The van der Waals surface area contributed by atoms with Gasteiger partial charge in [0.1, 0.15) is 5.75 Å². The summed E-state index contributed by atoms with van der Waals surface area (Å²) in [7, 11) is 1.60. The van der Waals surface area contributed by atoms with Gasteiger partial charge in [0.25, 0.3) is 5.91 Å². The standard InChI is InChI=1S/C14H21NO3/c1-10-7-11(2)12(3)13(8-10)18-9-14(16)15-5-6-17-4/h7-8H,5-6,9H2,1-4H3,(H,15,16). The number of aryl methyl sites for hydroxylation is 2. The molecule has 1 amide bonds. The van der Waals surface area contributed by atoms with E-state index in [2.05, 4.69) is 11.4 Å². The predicted octanol–water partition coefficient (Wildman–Crippen LogP) is 1.75. The fourth-order valence-electron chi connectivity index (χ4n) is 1.64. The highest BCUT2D eigenvalue weighted by molar-refractivity contribution is 5.77. The van der Waals surface area contributed by atoms with Crippen molar-refractivity contribution in [2.45, 2.75) is 20.8 Å². The van der Waals surface area contributed by atoms with Crippen molar-refractivity contribution in [3.05, 3.63) is 28.8 Å². The Labute approximate surface area is 108 Å². The zero-order valence-corrected chi connectivity index (χ0v) is 11.5. The number of methoxy groups -OCH3 is 1. The molecule has 0 fully saturated rings. The van der Waals surface area contributed by atoms with E-state index in [1.54, 1.807) is 7.11 Å². The zero-order chi connectivity index (χ0) is 13.5. The molecule has 0 spiro atoms. The van der Waals surface area contributed by atoms with E-state index in [1.165, 1.54) is 5.56 Å². The van der Waals surface area contributed by atoms with Gasteiger partial charge in [-0.15, -0.1) is 0 Å². The Hall–Kier alpha value is -1.55. The minimum absolute atomic E-state index is 0.0352. The van der Waals surface area contributed by atoms with Crippen molar-refractivity contribution in [1.29, 1.82) is 0 Å². The van der Waals surface area contributed by atoms with Crippen molar-refractivity contribution in [2.75, 3.05) is 26.9 Å². The molecule has 0 aromatic heterocycles. The molecule has 0 unspecified atom stereocenters. The topological polar surface area (TPSA) is 47.6 Å². The van der Waals surface area contributed by atoms with E-state index >= 15 is 0 Å². The van der Waals surface area contributed by atoms with Crippen LogP contribution in [0.4, 0.5) is 0 Å². The molecule has 18 heavy (non-hydrogen) atoms. The molecule has 1 N–H and O–H groups in total. The molecule has 0 atom stereocenters. The number of carbonyl (C=O) groups excluding carboxylic acids is 1. The van der Waals surface area contributed by atoms with Crippen LogP contribution >= 0.6 is 0 Å². The largest absolute Gasteiger partial charge is 0.483 e. The number of ether oxygens (including phenoxy) is 2. The average Bonchev–Trinajstić information content (AvgIpc) is 2.32. The highest BCUT2D eigenvalue weighted by Crippen LogP contribution is 2.22. The Morgan fingerprint density at radius 3 is 2.67 bits per heavy atom. The summed E-state index contributed by atoms with van der Waals surface area (Å²) in [5.41, 5.74) is 3.38. The maximum Gasteiger partial charge on any atom is 0.258 e. The number of rotatable bonds is 6. The summed E-state index contributed by atoms with van der Waals surface area (Å²) >= 11 is 0. The van der Waals surface area contributed by atoms with E-state index in [-0.39, 0.29) is 12.5 Å². The van der Waals surface area contributed by atoms with E-state index in [9.17, 15) is 4.79 Å². The Bertz CT molecular complexity index is 416. The van der Waals surface area contributed by atoms with Crippen LogP contribution in [0, 0.1) is 20.8 Å². The molecule has 0 aliphatic carbocycles. The van der Waals surface area contributed by atoms with Crippen molar-refractivity contribution < 1.29 is 14.3 Å². The molecule has 0 aliphatic rings. The fraction of sp³-hybridized carbons (Fsp3) is 0.500. The number of hydrogen-bond donors (Lipinski definition) is 1. The van der Waals surface area contributed by atoms with Gasteiger partial charge in [0, 0.05) is 13.7 Å². The highest BCUT2D eigenvalue weighted by Gasteiger charge is 2.06. The van der Waals surface area contributed by atoms with E-state index in [0.29, 0.717) is 13.2 Å². The number of benzene rings is 1. The van der Waals surface area contributed by atoms with E-state index in [0.717, 1.165) is 16.9 Å². The van der Waals surface area contributed by atoms with Crippen molar-refractivity contribution in [1.82, 2.24) is 5.32 Å². The van der Waals surface area contributed by atoms with Crippen LogP contribution in [0.3, 0.4) is 0 Å². The summed E-state index contributed by atoms with van der Waals surface area (Å²) in [6, 6.07) is 4.05. The molecule has 4 nitrogen and oxygen atoms in total. The lowest BCUT2D eigenvalue weighted by molar-refractivity contribution is -0.123. The summed E-state index contributed by atoms with van der Waals surface area (Å²) < 4.78 is 10.4. The zero-order valence-electron chi connectivity index (χ0n) is 11.5. The second kappa shape index (κ2) is 7.01. The summed E-state index contributed by atoms with van der Waals surface area (Å²) in [6.07, 6.45) is 0. The molecular weight excluding hydrogens is 230 g/mol. The molecule has 0 saturated heterocycles. The first-order valence-electron chi connectivity index (χ1n) is 6.01. The normalized spacial score (nSPS) is 10.2. The van der Waals surface area contributed by atoms with Crippen LogP contribution in [0.1, 0.15) is 16.7 Å². The molecule has 0 heterocycles. The minimum atomic E-state index is -0.134. The van der Waals surface area contributed by atoms with E-state index in [1.807, 2.05) is 26.8 Å². The average molecular weight is 251 g/mol. The monoisotopic (exact) mass is 251 g/mol. The van der Waals surface area contributed by atoms with Gasteiger partial charge in [-0.25, -0.2) is 0 Å². The quantitative estimate of drug-likeness (QED) is 0.784. The number of carbonyl (C=O) groups is 1. The number of nitrogens with one attached hydrogen (secondary N) is 1. The first kappa shape index (κ1) is 14.5. The summed E-state index contributed by atoms with van der Waals surface area (Å²) in [4.78, 5) is 11.5. The molecule has 100 valence electrons. The molecule has 1 aromatic carbocycles. The van der Waals surface area contributed by atoms with Crippen molar-refractivity contribution >= 4 is 5.91 Å². The maximum absolute atomic E-state index is 11.5. The van der Waals surface area contributed by atoms with Gasteiger partial charge in [0.15, 0.2) is 6.61 Å². The van der Waals surface area contributed by atoms with Crippen LogP contribution in [-0.2, 0) is 9.53 Å². The molecule has 0 aliphatic heterocycles. The third kappa shape index (κ3) is 4.37. The number of hydrogen-bond acceptors (Lipinski definition) is 3. The van der Waals surface area contributed by atoms with Gasteiger partial charge in [-0.2, -0.15) is 0 Å². The minimum Gasteiger partial charge on any atom is -0.483 e. The smallest absolute Gasteiger partial charge is 0.258 e. The number of amides is 1. The Kier molecular flexibility index (Phi) is 5.65. The van der Waals surface area contributed by atoms with Crippen molar-refractivity contribution in [3.8, 4) is 5.75 Å². The lowest BCUT2D eigenvalue weighted by Gasteiger charge is -2.12. The Morgan fingerprint density at radius 2 is 2.00 bits per heavy atom. The summed E-state index contributed by atoms with van der Waals surface area (Å²) in [5, 5.41) is 2.71. The molecule has 0 bridgehead atoms. The van der Waals surface area contributed by atoms with E-state index in [4.69, 9.17) is 9.47 Å². The molecule has 1 rings (SSSR count). The van der Waals surface area contributed by atoms with Crippen molar-refractivity contribution in [3.63, 3.8) is 0 Å². The van der Waals surface area contributed by atoms with Crippen LogP contribution in [-0.4, -0.2) is 32.8 Å². The van der Waals surface area contributed by atoms with Gasteiger partial charge in [-0.3, -0.25) is 4.79 Å². The van der Waals surface area contributed by atoms with Crippen LogP contribution < -0.4 is 10.1 Å². The molecule has 4 heteroatoms. The highest BCUT2D eigenvalue weighted by atomic mass is 16.5. The molecule has 0 saturated carbocycles.